The molecule has 0 radical (unpaired) electrons. The van der Waals surface area contributed by atoms with Crippen molar-refractivity contribution in [3.05, 3.63) is 60.7 Å². The summed E-state index contributed by atoms with van der Waals surface area (Å²) in [5.41, 5.74) is 8.90. The van der Waals surface area contributed by atoms with Gasteiger partial charge in [-0.25, -0.2) is 0 Å². The van der Waals surface area contributed by atoms with Gasteiger partial charge in [0.15, 0.2) is 0 Å². The number of rotatable bonds is 2. The van der Waals surface area contributed by atoms with E-state index in [2.05, 4.69) is 30.3 Å². The first-order valence-electron chi connectivity index (χ1n) is 6.20. The van der Waals surface area contributed by atoms with Crippen LogP contribution in [0.2, 0.25) is 0 Å². The molecule has 0 spiro atoms. The molecule has 0 aliphatic heterocycles. The molecule has 0 unspecified atom stereocenters. The number of ether oxygens (including phenoxy) is 1. The van der Waals surface area contributed by atoms with Crippen molar-refractivity contribution in [3.8, 4) is 16.9 Å². The molecule has 0 fully saturated rings. The zero-order chi connectivity index (χ0) is 13.2. The van der Waals surface area contributed by atoms with Gasteiger partial charge in [-0.2, -0.15) is 0 Å². The fraction of sp³-hybridized carbons (Fsp3) is 0.0588. The number of hydrogen-bond donors (Lipinski definition) is 1. The normalized spacial score (nSPS) is 10.6. The molecule has 0 saturated carbocycles. The number of benzene rings is 3. The van der Waals surface area contributed by atoms with E-state index in [-0.39, 0.29) is 0 Å². The minimum atomic E-state index is 0.783. The Hall–Kier alpha value is -2.48. The quantitative estimate of drug-likeness (QED) is 0.694. The Labute approximate surface area is 112 Å². The average molecular weight is 249 g/mol. The minimum absolute atomic E-state index is 0.783. The Morgan fingerprint density at radius 1 is 0.895 bits per heavy atom. The van der Waals surface area contributed by atoms with Crippen LogP contribution in [-0.2, 0) is 0 Å². The van der Waals surface area contributed by atoms with Gasteiger partial charge in [0, 0.05) is 5.69 Å². The third-order valence-electron chi connectivity index (χ3n) is 3.31. The lowest BCUT2D eigenvalue weighted by Crippen LogP contribution is -1.86. The molecule has 0 aromatic heterocycles. The highest BCUT2D eigenvalue weighted by molar-refractivity contribution is 5.97. The van der Waals surface area contributed by atoms with Gasteiger partial charge in [0.25, 0.3) is 0 Å². The van der Waals surface area contributed by atoms with Crippen LogP contribution in [0.1, 0.15) is 0 Å². The predicted octanol–water partition coefficient (Wildman–Crippen LogP) is 4.10. The summed E-state index contributed by atoms with van der Waals surface area (Å²) in [4.78, 5) is 0. The maximum atomic E-state index is 5.74. The molecule has 2 nitrogen and oxygen atoms in total. The van der Waals surface area contributed by atoms with E-state index in [0.717, 1.165) is 11.4 Å². The number of nitrogens with two attached hydrogens (primary N) is 1. The molecule has 2 heteroatoms. The summed E-state index contributed by atoms with van der Waals surface area (Å²) in [6, 6.07) is 20.4. The molecule has 3 aromatic rings. The molecule has 3 aromatic carbocycles. The van der Waals surface area contributed by atoms with Gasteiger partial charge in [0.1, 0.15) is 5.75 Å². The second kappa shape index (κ2) is 4.65. The van der Waals surface area contributed by atoms with Crippen LogP contribution in [0, 0.1) is 0 Å². The Morgan fingerprint density at radius 2 is 1.68 bits per heavy atom. The lowest BCUT2D eigenvalue weighted by molar-refractivity contribution is 0.415. The summed E-state index contributed by atoms with van der Waals surface area (Å²) in [7, 11) is 1.69. The first-order valence-corrected chi connectivity index (χ1v) is 6.20. The lowest BCUT2D eigenvalue weighted by Gasteiger charge is -2.08. The van der Waals surface area contributed by atoms with Crippen molar-refractivity contribution in [1.82, 2.24) is 0 Å². The first kappa shape index (κ1) is 11.6. The standard InChI is InChI=1S/C17H15NO/c1-19-15-9-10-17-13(11-15)3-2-4-16(17)12-5-7-14(18)8-6-12/h2-11H,18H2,1H3. The molecular weight excluding hydrogens is 234 g/mol. The SMILES string of the molecule is COc1ccc2c(-c3ccc(N)cc3)cccc2c1. The van der Waals surface area contributed by atoms with E-state index in [1.807, 2.05) is 30.3 Å². The van der Waals surface area contributed by atoms with Crippen LogP contribution < -0.4 is 10.5 Å². The van der Waals surface area contributed by atoms with Gasteiger partial charge in [0.05, 0.1) is 7.11 Å². The molecule has 0 heterocycles. The first-order chi connectivity index (χ1) is 9.28. The summed E-state index contributed by atoms with van der Waals surface area (Å²) in [6.07, 6.45) is 0. The highest BCUT2D eigenvalue weighted by Crippen LogP contribution is 2.31. The van der Waals surface area contributed by atoms with Crippen molar-refractivity contribution in [2.24, 2.45) is 0 Å². The molecule has 0 bridgehead atoms. The van der Waals surface area contributed by atoms with Crippen molar-refractivity contribution in [2.45, 2.75) is 0 Å². The Bertz CT molecular complexity index is 717. The number of fused-ring (bicyclic) bond motifs is 1. The summed E-state index contributed by atoms with van der Waals surface area (Å²) in [5.74, 6) is 0.877. The molecule has 3 rings (SSSR count). The molecular formula is C17H15NO. The van der Waals surface area contributed by atoms with Gasteiger partial charge >= 0.3 is 0 Å². The molecule has 0 aliphatic carbocycles. The Kier molecular flexibility index (Phi) is 2.84. The van der Waals surface area contributed by atoms with Crippen molar-refractivity contribution in [3.63, 3.8) is 0 Å². The van der Waals surface area contributed by atoms with Crippen LogP contribution >= 0.6 is 0 Å². The van der Waals surface area contributed by atoms with E-state index in [1.165, 1.54) is 21.9 Å². The van der Waals surface area contributed by atoms with Gasteiger partial charge in [-0.05, 0) is 46.2 Å². The monoisotopic (exact) mass is 249 g/mol. The van der Waals surface area contributed by atoms with Gasteiger partial charge in [0.2, 0.25) is 0 Å². The maximum Gasteiger partial charge on any atom is 0.119 e. The number of anilines is 1. The van der Waals surface area contributed by atoms with Crippen LogP contribution in [0.3, 0.4) is 0 Å². The summed E-state index contributed by atoms with van der Waals surface area (Å²) in [5, 5.41) is 2.39. The third-order valence-corrected chi connectivity index (χ3v) is 3.31. The van der Waals surface area contributed by atoms with Crippen LogP contribution in [0.4, 0.5) is 5.69 Å². The molecule has 0 amide bonds. The van der Waals surface area contributed by atoms with E-state index in [4.69, 9.17) is 10.5 Å². The van der Waals surface area contributed by atoms with Gasteiger partial charge in [-0.15, -0.1) is 0 Å². The van der Waals surface area contributed by atoms with Crippen LogP contribution in [0.5, 0.6) is 5.75 Å². The Morgan fingerprint density at radius 3 is 2.42 bits per heavy atom. The molecule has 2 N–H and O–H groups in total. The van der Waals surface area contributed by atoms with Crippen LogP contribution in [-0.4, -0.2) is 7.11 Å². The van der Waals surface area contributed by atoms with E-state index < -0.39 is 0 Å². The van der Waals surface area contributed by atoms with E-state index in [9.17, 15) is 0 Å². The molecule has 94 valence electrons. The lowest BCUT2D eigenvalue weighted by atomic mass is 9.98. The second-order valence-corrected chi connectivity index (χ2v) is 4.51. The summed E-state index contributed by atoms with van der Waals surface area (Å²) in [6.45, 7) is 0. The van der Waals surface area contributed by atoms with Gasteiger partial charge < -0.3 is 10.5 Å². The molecule has 0 saturated heterocycles. The Balaban J connectivity index is 2.21. The summed E-state index contributed by atoms with van der Waals surface area (Å²) >= 11 is 0. The average Bonchev–Trinajstić information content (AvgIpc) is 2.47. The zero-order valence-corrected chi connectivity index (χ0v) is 10.8. The number of nitrogen functional groups attached to an aromatic ring is 1. The molecule has 0 atom stereocenters. The van der Waals surface area contributed by atoms with Crippen molar-refractivity contribution < 1.29 is 4.74 Å². The molecule has 0 aliphatic rings. The number of hydrogen-bond acceptors (Lipinski definition) is 2. The largest absolute Gasteiger partial charge is 0.497 e. The molecule has 19 heavy (non-hydrogen) atoms. The van der Waals surface area contributed by atoms with Crippen LogP contribution in [0.15, 0.2) is 60.7 Å². The fourth-order valence-electron chi connectivity index (χ4n) is 2.30. The number of methoxy groups -OCH3 is 1. The van der Waals surface area contributed by atoms with E-state index in [0.29, 0.717) is 0 Å². The fourth-order valence-corrected chi connectivity index (χ4v) is 2.30. The zero-order valence-electron chi connectivity index (χ0n) is 10.8. The van der Waals surface area contributed by atoms with Crippen molar-refractivity contribution >= 4 is 16.5 Å². The minimum Gasteiger partial charge on any atom is -0.497 e. The topological polar surface area (TPSA) is 35.2 Å². The predicted molar refractivity (Wildman–Crippen MR) is 80.3 cm³/mol. The van der Waals surface area contributed by atoms with E-state index >= 15 is 0 Å². The maximum absolute atomic E-state index is 5.74. The van der Waals surface area contributed by atoms with E-state index in [1.54, 1.807) is 7.11 Å². The van der Waals surface area contributed by atoms with Crippen LogP contribution in [0.25, 0.3) is 21.9 Å². The van der Waals surface area contributed by atoms with Crippen molar-refractivity contribution in [1.29, 1.82) is 0 Å². The highest BCUT2D eigenvalue weighted by Gasteiger charge is 2.04. The smallest absolute Gasteiger partial charge is 0.119 e. The third kappa shape index (κ3) is 2.13. The summed E-state index contributed by atoms with van der Waals surface area (Å²) < 4.78 is 5.27. The van der Waals surface area contributed by atoms with Gasteiger partial charge in [-0.1, -0.05) is 36.4 Å². The second-order valence-electron chi connectivity index (χ2n) is 4.51. The van der Waals surface area contributed by atoms with Gasteiger partial charge in [-0.3, -0.25) is 0 Å². The van der Waals surface area contributed by atoms with Crippen molar-refractivity contribution in [2.75, 3.05) is 12.8 Å². The highest BCUT2D eigenvalue weighted by atomic mass is 16.5.